The fourth-order valence-corrected chi connectivity index (χ4v) is 5.27. The van der Waals surface area contributed by atoms with Crippen LogP contribution in [0.3, 0.4) is 0 Å². The number of fused-ring (bicyclic) bond motifs is 1. The van der Waals surface area contributed by atoms with Crippen LogP contribution in [0.5, 0.6) is 17.2 Å². The van der Waals surface area contributed by atoms with E-state index in [1.807, 2.05) is 0 Å². The molecule has 1 saturated heterocycles. The van der Waals surface area contributed by atoms with Gasteiger partial charge in [0.1, 0.15) is 23.1 Å². The highest BCUT2D eigenvalue weighted by molar-refractivity contribution is 6.11. The number of ketones is 2. The number of anilines is 1. The molecule has 0 amide bonds. The van der Waals surface area contributed by atoms with Crippen LogP contribution in [0.1, 0.15) is 24.0 Å². The molecule has 2 aliphatic rings. The topological polar surface area (TPSA) is 68.7 Å². The van der Waals surface area contributed by atoms with Gasteiger partial charge in [-0.25, -0.2) is 13.2 Å². The minimum atomic E-state index is -2.73. The number of hydrogen-bond acceptors (Lipinski definition) is 6. The summed E-state index contributed by atoms with van der Waals surface area (Å²) in [6.45, 7) is -0.769. The molecule has 210 valence electrons. The number of hydrogen-bond donors (Lipinski definition) is 0. The lowest BCUT2D eigenvalue weighted by Crippen LogP contribution is -2.56. The van der Waals surface area contributed by atoms with Crippen LogP contribution < -0.4 is 14.4 Å². The molecule has 1 aromatic heterocycles. The van der Waals surface area contributed by atoms with Crippen LogP contribution in [0.15, 0.2) is 72.9 Å². The molecule has 0 bridgehead atoms. The first-order chi connectivity index (χ1) is 19.7. The molecule has 0 atom stereocenters. The number of pyridine rings is 1. The van der Waals surface area contributed by atoms with Crippen molar-refractivity contribution >= 4 is 28.2 Å². The Morgan fingerprint density at radius 2 is 1.49 bits per heavy atom. The smallest absolute Gasteiger partial charge is 0.282 e. The molecule has 2 fully saturated rings. The minimum absolute atomic E-state index is 0.104. The SMILES string of the molecule is COc1cc2nccc(Oc3ccc(CC(=O)C4(C(=O)Cc5ccc(F)cc5)CC4)cc3)c2cc1N1CC(F)(F)C1. The molecule has 6 rings (SSSR count). The highest BCUT2D eigenvalue weighted by atomic mass is 19.3. The van der Waals surface area contributed by atoms with Gasteiger partial charge >= 0.3 is 0 Å². The van der Waals surface area contributed by atoms with Gasteiger partial charge < -0.3 is 14.4 Å². The average Bonchev–Trinajstić information content (AvgIpc) is 3.76. The van der Waals surface area contributed by atoms with Gasteiger partial charge in [0.2, 0.25) is 0 Å². The van der Waals surface area contributed by atoms with E-state index in [9.17, 15) is 22.8 Å². The standard InChI is InChI=1S/C32H27F3N2O4/c1-40-28-17-25-24(16-26(28)37-18-32(34,35)19-37)27(10-13-36-25)41-23-8-4-21(5-9-23)15-30(39)31(11-12-31)29(38)14-20-2-6-22(33)7-3-20/h2-10,13,16-17H,11-12,14-15,18-19H2,1H3. The van der Waals surface area contributed by atoms with Crippen LogP contribution in [0, 0.1) is 11.2 Å². The third-order valence-electron chi connectivity index (χ3n) is 7.80. The zero-order chi connectivity index (χ0) is 28.8. The van der Waals surface area contributed by atoms with E-state index >= 15 is 0 Å². The number of nitrogens with zero attached hydrogens (tertiary/aromatic N) is 2. The molecule has 0 spiro atoms. The Hall–Kier alpha value is -4.40. The molecular formula is C32H27F3N2O4. The fourth-order valence-electron chi connectivity index (χ4n) is 5.27. The molecule has 4 aromatic rings. The number of carbonyl (C=O) groups is 2. The van der Waals surface area contributed by atoms with E-state index in [1.54, 1.807) is 65.7 Å². The van der Waals surface area contributed by atoms with Crippen LogP contribution in [0.4, 0.5) is 18.9 Å². The summed E-state index contributed by atoms with van der Waals surface area (Å²) < 4.78 is 51.8. The second-order valence-electron chi connectivity index (χ2n) is 10.7. The van der Waals surface area contributed by atoms with Gasteiger partial charge in [-0.2, -0.15) is 0 Å². The Balaban J connectivity index is 1.15. The zero-order valence-corrected chi connectivity index (χ0v) is 22.3. The summed E-state index contributed by atoms with van der Waals surface area (Å²) in [6.07, 6.45) is 2.89. The number of rotatable bonds is 10. The number of alkyl halides is 2. The number of Topliss-reactive ketones (excluding diaryl/α,β-unsaturated/α-hetero) is 2. The summed E-state index contributed by atoms with van der Waals surface area (Å²) in [4.78, 5) is 32.0. The normalized spacial score (nSPS) is 16.6. The minimum Gasteiger partial charge on any atom is -0.495 e. The van der Waals surface area contributed by atoms with Gasteiger partial charge in [0, 0.05) is 30.5 Å². The van der Waals surface area contributed by atoms with Gasteiger partial charge in [0.05, 0.1) is 36.8 Å². The third kappa shape index (κ3) is 5.36. The molecule has 0 N–H and O–H groups in total. The Labute approximate surface area is 234 Å². The Kier molecular flexibility index (Phi) is 6.68. The van der Waals surface area contributed by atoms with Crippen LogP contribution in [-0.2, 0) is 22.4 Å². The molecule has 6 nitrogen and oxygen atoms in total. The molecule has 3 aromatic carbocycles. The second kappa shape index (κ2) is 10.2. The van der Waals surface area contributed by atoms with Gasteiger partial charge in [0.15, 0.2) is 11.6 Å². The quantitative estimate of drug-likeness (QED) is 0.211. The summed E-state index contributed by atoms with van der Waals surface area (Å²) in [5, 5.41) is 0.646. The molecular weight excluding hydrogens is 533 g/mol. The zero-order valence-electron chi connectivity index (χ0n) is 22.3. The van der Waals surface area contributed by atoms with Crippen molar-refractivity contribution in [3.63, 3.8) is 0 Å². The van der Waals surface area contributed by atoms with Crippen molar-refractivity contribution in [2.24, 2.45) is 5.41 Å². The second-order valence-corrected chi connectivity index (χ2v) is 10.7. The maximum atomic E-state index is 13.5. The molecule has 2 heterocycles. The van der Waals surface area contributed by atoms with Crippen molar-refractivity contribution < 1.29 is 32.2 Å². The molecule has 1 aliphatic carbocycles. The van der Waals surface area contributed by atoms with Crippen LogP contribution in [0.2, 0.25) is 0 Å². The van der Waals surface area contributed by atoms with Crippen LogP contribution in [0.25, 0.3) is 10.9 Å². The van der Waals surface area contributed by atoms with Gasteiger partial charge in [-0.1, -0.05) is 24.3 Å². The first kappa shape index (κ1) is 26.8. The number of aromatic nitrogens is 1. The van der Waals surface area contributed by atoms with E-state index in [0.717, 1.165) is 5.56 Å². The average molecular weight is 561 g/mol. The first-order valence-corrected chi connectivity index (χ1v) is 13.3. The highest BCUT2D eigenvalue weighted by Crippen LogP contribution is 2.49. The summed E-state index contributed by atoms with van der Waals surface area (Å²) in [5.41, 5.74) is 1.62. The number of ether oxygens (including phenoxy) is 2. The van der Waals surface area contributed by atoms with E-state index in [-0.39, 0.29) is 43.3 Å². The fraction of sp³-hybridized carbons (Fsp3) is 0.281. The molecule has 1 saturated carbocycles. The Morgan fingerprint density at radius 3 is 2.05 bits per heavy atom. The van der Waals surface area contributed by atoms with Gasteiger partial charge in [0.25, 0.3) is 5.92 Å². The monoisotopic (exact) mass is 560 g/mol. The van der Waals surface area contributed by atoms with Crippen LogP contribution >= 0.6 is 0 Å². The van der Waals surface area contributed by atoms with Crippen molar-refractivity contribution in [1.82, 2.24) is 4.98 Å². The van der Waals surface area contributed by atoms with E-state index in [2.05, 4.69) is 4.98 Å². The maximum absolute atomic E-state index is 13.5. The Morgan fingerprint density at radius 1 is 0.878 bits per heavy atom. The number of benzene rings is 3. The third-order valence-corrected chi connectivity index (χ3v) is 7.80. The largest absolute Gasteiger partial charge is 0.495 e. The highest BCUT2D eigenvalue weighted by Gasteiger charge is 2.54. The van der Waals surface area contributed by atoms with Crippen molar-refractivity contribution in [2.75, 3.05) is 25.1 Å². The van der Waals surface area contributed by atoms with Crippen molar-refractivity contribution in [3.8, 4) is 17.2 Å². The lowest BCUT2D eigenvalue weighted by atomic mass is 9.88. The van der Waals surface area contributed by atoms with E-state index in [4.69, 9.17) is 9.47 Å². The van der Waals surface area contributed by atoms with Gasteiger partial charge in [-0.3, -0.25) is 14.6 Å². The predicted molar refractivity (Wildman–Crippen MR) is 147 cm³/mol. The number of methoxy groups -OCH3 is 1. The molecule has 0 radical (unpaired) electrons. The van der Waals surface area contributed by atoms with Gasteiger partial charge in [-0.05, 0) is 60.4 Å². The van der Waals surface area contributed by atoms with Crippen molar-refractivity contribution in [3.05, 3.63) is 89.9 Å². The van der Waals surface area contributed by atoms with Gasteiger partial charge in [-0.15, -0.1) is 0 Å². The lowest BCUT2D eigenvalue weighted by molar-refractivity contribution is -0.133. The summed E-state index contributed by atoms with van der Waals surface area (Å²) in [7, 11) is 1.49. The van der Waals surface area contributed by atoms with E-state index in [0.29, 0.717) is 52.2 Å². The van der Waals surface area contributed by atoms with Crippen LogP contribution in [-0.4, -0.2) is 42.7 Å². The first-order valence-electron chi connectivity index (χ1n) is 13.3. The molecule has 41 heavy (non-hydrogen) atoms. The molecule has 0 unspecified atom stereocenters. The number of halogens is 3. The lowest BCUT2D eigenvalue weighted by Gasteiger charge is -2.41. The summed E-state index contributed by atoms with van der Waals surface area (Å²) in [6, 6.07) is 18.0. The summed E-state index contributed by atoms with van der Waals surface area (Å²) >= 11 is 0. The Bertz CT molecular complexity index is 1630. The van der Waals surface area contributed by atoms with Crippen molar-refractivity contribution in [2.45, 2.75) is 31.6 Å². The predicted octanol–water partition coefficient (Wildman–Crippen LogP) is 6.33. The van der Waals surface area contributed by atoms with E-state index in [1.165, 1.54) is 19.2 Å². The van der Waals surface area contributed by atoms with Crippen molar-refractivity contribution in [1.29, 1.82) is 0 Å². The molecule has 9 heteroatoms. The maximum Gasteiger partial charge on any atom is 0.282 e. The number of carbonyl (C=O) groups excluding carboxylic acids is 2. The molecule has 1 aliphatic heterocycles. The summed E-state index contributed by atoms with van der Waals surface area (Å²) in [5.74, 6) is -1.86. The van der Waals surface area contributed by atoms with E-state index < -0.39 is 11.3 Å².